The first kappa shape index (κ1) is 21.8. The number of rotatable bonds is 8. The van der Waals surface area contributed by atoms with Gasteiger partial charge in [-0.2, -0.15) is 4.98 Å². The lowest BCUT2D eigenvalue weighted by atomic mass is 10.2. The van der Waals surface area contributed by atoms with Crippen LogP contribution in [0.1, 0.15) is 6.42 Å². The van der Waals surface area contributed by atoms with E-state index in [0.29, 0.717) is 17.1 Å². The lowest BCUT2D eigenvalue weighted by molar-refractivity contribution is 0.0378. The van der Waals surface area contributed by atoms with Gasteiger partial charge in [0.2, 0.25) is 26.6 Å². The minimum atomic E-state index is -3.88. The van der Waals surface area contributed by atoms with Gasteiger partial charge in [0, 0.05) is 30.2 Å². The number of hydrogen-bond acceptors (Lipinski definition) is 7. The maximum Gasteiger partial charge on any atom is 0.233 e. The molecule has 3 aromatic rings. The van der Waals surface area contributed by atoms with Crippen LogP contribution in [0.15, 0.2) is 68.9 Å². The molecule has 164 valence electrons. The minimum absolute atomic E-state index is 0.112. The van der Waals surface area contributed by atoms with Crippen LogP contribution in [-0.4, -0.2) is 57.7 Å². The molecule has 7 nitrogen and oxygen atoms in total. The first-order valence-corrected chi connectivity index (χ1v) is 12.0. The Labute approximate surface area is 186 Å². The third kappa shape index (κ3) is 5.27. The number of aromatic nitrogens is 1. The van der Waals surface area contributed by atoms with E-state index in [2.05, 4.69) is 15.2 Å². The summed E-state index contributed by atoms with van der Waals surface area (Å²) in [5.74, 6) is 0.402. The van der Waals surface area contributed by atoms with Crippen LogP contribution in [0.3, 0.4) is 0 Å². The summed E-state index contributed by atoms with van der Waals surface area (Å²) < 4.78 is 37.8. The molecular weight excluding hydrogens is 438 g/mol. The molecule has 1 aliphatic heterocycles. The molecule has 0 aliphatic carbocycles. The van der Waals surface area contributed by atoms with Crippen LogP contribution < -0.4 is 5.32 Å². The predicted octanol–water partition coefficient (Wildman–Crippen LogP) is 3.96. The van der Waals surface area contributed by atoms with Gasteiger partial charge in [-0.3, -0.25) is 4.90 Å². The molecule has 0 bridgehead atoms. The lowest BCUT2D eigenvalue weighted by Gasteiger charge is -2.26. The number of hydrogen-bond donors (Lipinski definition) is 1. The van der Waals surface area contributed by atoms with E-state index in [1.807, 2.05) is 30.3 Å². The van der Waals surface area contributed by atoms with Gasteiger partial charge in [-0.05, 0) is 49.4 Å². The summed E-state index contributed by atoms with van der Waals surface area (Å²) >= 11 is 5.92. The van der Waals surface area contributed by atoms with Gasteiger partial charge in [-0.15, -0.1) is 0 Å². The van der Waals surface area contributed by atoms with Crippen LogP contribution in [0.5, 0.6) is 0 Å². The molecule has 1 aromatic heterocycles. The first-order valence-electron chi connectivity index (χ1n) is 10.1. The standard InChI is InChI=1S/C22H24ClN3O4S/c23-18-7-9-19(10-8-18)31(27,28)22-21(24-11-4-12-26-13-15-29-16-14-26)30-20(25-22)17-5-2-1-3-6-17/h1-3,5-10,24H,4,11-16H2. The zero-order valence-electron chi connectivity index (χ0n) is 17.0. The van der Waals surface area contributed by atoms with E-state index < -0.39 is 9.84 Å². The Bertz CT molecular complexity index is 1100. The zero-order valence-corrected chi connectivity index (χ0v) is 18.5. The Kier molecular flexibility index (Phi) is 6.92. The largest absolute Gasteiger partial charge is 0.419 e. The lowest BCUT2D eigenvalue weighted by Crippen LogP contribution is -2.37. The van der Waals surface area contributed by atoms with Crippen LogP contribution in [0.4, 0.5) is 5.88 Å². The summed E-state index contributed by atoms with van der Waals surface area (Å²) in [7, 11) is -3.88. The van der Waals surface area contributed by atoms with E-state index in [0.717, 1.165) is 39.3 Å². The fourth-order valence-corrected chi connectivity index (χ4v) is 4.76. The highest BCUT2D eigenvalue weighted by atomic mass is 35.5. The van der Waals surface area contributed by atoms with Crippen LogP contribution in [-0.2, 0) is 14.6 Å². The Morgan fingerprint density at radius 2 is 1.74 bits per heavy atom. The van der Waals surface area contributed by atoms with E-state index >= 15 is 0 Å². The third-order valence-electron chi connectivity index (χ3n) is 5.04. The van der Waals surface area contributed by atoms with Gasteiger partial charge in [0.1, 0.15) is 0 Å². The van der Waals surface area contributed by atoms with Crippen molar-refractivity contribution in [3.63, 3.8) is 0 Å². The fraction of sp³-hybridized carbons (Fsp3) is 0.318. The van der Waals surface area contributed by atoms with E-state index in [9.17, 15) is 8.42 Å². The van der Waals surface area contributed by atoms with Crippen LogP contribution in [0, 0.1) is 0 Å². The summed E-state index contributed by atoms with van der Waals surface area (Å²) in [6.07, 6.45) is 0.835. The molecule has 0 unspecified atom stereocenters. The smallest absolute Gasteiger partial charge is 0.233 e. The normalized spacial score (nSPS) is 15.1. The first-order chi connectivity index (χ1) is 15.0. The molecule has 0 saturated carbocycles. The van der Waals surface area contributed by atoms with Crippen molar-refractivity contribution in [3.05, 3.63) is 59.6 Å². The molecule has 1 aliphatic rings. The third-order valence-corrected chi connectivity index (χ3v) is 6.97. The van der Waals surface area contributed by atoms with Crippen molar-refractivity contribution in [2.75, 3.05) is 44.7 Å². The molecule has 1 N–H and O–H groups in total. The summed E-state index contributed by atoms with van der Waals surface area (Å²) in [5.41, 5.74) is 0.705. The summed E-state index contributed by atoms with van der Waals surface area (Å²) in [6, 6.07) is 15.3. The second-order valence-corrected chi connectivity index (χ2v) is 9.51. The van der Waals surface area contributed by atoms with Gasteiger partial charge in [0.15, 0.2) is 0 Å². The highest BCUT2D eigenvalue weighted by Crippen LogP contribution is 2.32. The zero-order chi connectivity index (χ0) is 21.7. The van der Waals surface area contributed by atoms with Gasteiger partial charge < -0.3 is 14.5 Å². The molecule has 4 rings (SSSR count). The monoisotopic (exact) mass is 461 g/mol. The number of benzene rings is 2. The maximum absolute atomic E-state index is 13.3. The number of anilines is 1. The second-order valence-electron chi connectivity index (χ2n) is 7.21. The Morgan fingerprint density at radius 1 is 1.03 bits per heavy atom. The minimum Gasteiger partial charge on any atom is -0.419 e. The number of sulfone groups is 1. The van der Waals surface area contributed by atoms with Gasteiger partial charge >= 0.3 is 0 Å². The second kappa shape index (κ2) is 9.82. The molecule has 1 saturated heterocycles. The van der Waals surface area contributed by atoms with E-state index in [-0.39, 0.29) is 21.7 Å². The van der Waals surface area contributed by atoms with Crippen molar-refractivity contribution in [1.29, 1.82) is 0 Å². The highest BCUT2D eigenvalue weighted by Gasteiger charge is 2.28. The number of nitrogens with one attached hydrogen (secondary N) is 1. The molecule has 31 heavy (non-hydrogen) atoms. The number of morpholine rings is 1. The van der Waals surface area contributed by atoms with Gasteiger partial charge in [0.25, 0.3) is 0 Å². The van der Waals surface area contributed by atoms with E-state index in [1.54, 1.807) is 12.1 Å². The number of halogens is 1. The highest BCUT2D eigenvalue weighted by molar-refractivity contribution is 7.91. The molecule has 2 aromatic carbocycles. The maximum atomic E-state index is 13.3. The molecule has 0 spiro atoms. The van der Waals surface area contributed by atoms with Crippen molar-refractivity contribution < 1.29 is 17.6 Å². The van der Waals surface area contributed by atoms with Gasteiger partial charge in [0.05, 0.1) is 18.1 Å². The SMILES string of the molecule is O=S(=O)(c1ccc(Cl)cc1)c1nc(-c2ccccc2)oc1NCCCN1CCOCC1. The van der Waals surface area contributed by atoms with Crippen molar-refractivity contribution in [1.82, 2.24) is 9.88 Å². The quantitative estimate of drug-likeness (QED) is 0.508. The van der Waals surface area contributed by atoms with Gasteiger partial charge in [-0.1, -0.05) is 29.8 Å². The molecule has 0 amide bonds. The number of oxazole rings is 1. The molecule has 9 heteroatoms. The van der Waals surface area contributed by atoms with E-state index in [1.165, 1.54) is 12.1 Å². The summed E-state index contributed by atoms with van der Waals surface area (Å²) in [5, 5.41) is 3.48. The van der Waals surface area contributed by atoms with Crippen molar-refractivity contribution in [2.24, 2.45) is 0 Å². The topological polar surface area (TPSA) is 84.7 Å². The average molecular weight is 462 g/mol. The molecule has 2 heterocycles. The molecule has 1 fully saturated rings. The van der Waals surface area contributed by atoms with Crippen molar-refractivity contribution in [3.8, 4) is 11.5 Å². The van der Waals surface area contributed by atoms with Crippen LogP contribution in [0.2, 0.25) is 5.02 Å². The Hall–Kier alpha value is -2.39. The van der Waals surface area contributed by atoms with Crippen LogP contribution >= 0.6 is 11.6 Å². The molecule has 0 atom stereocenters. The predicted molar refractivity (Wildman–Crippen MR) is 119 cm³/mol. The molecule has 0 radical (unpaired) electrons. The summed E-state index contributed by atoms with van der Waals surface area (Å²) in [6.45, 7) is 4.78. The summed E-state index contributed by atoms with van der Waals surface area (Å²) in [4.78, 5) is 6.78. The number of ether oxygens (including phenoxy) is 1. The van der Waals surface area contributed by atoms with Crippen LogP contribution in [0.25, 0.3) is 11.5 Å². The Morgan fingerprint density at radius 3 is 2.45 bits per heavy atom. The van der Waals surface area contributed by atoms with Crippen molar-refractivity contribution in [2.45, 2.75) is 16.3 Å². The number of nitrogens with zero attached hydrogens (tertiary/aromatic N) is 2. The fourth-order valence-electron chi connectivity index (χ4n) is 3.36. The van der Waals surface area contributed by atoms with Crippen molar-refractivity contribution >= 4 is 27.3 Å². The average Bonchev–Trinajstić information content (AvgIpc) is 3.24. The Balaban J connectivity index is 1.56. The van der Waals surface area contributed by atoms with Gasteiger partial charge in [-0.25, -0.2) is 8.42 Å². The molecular formula is C22H24ClN3O4S. The van der Waals surface area contributed by atoms with E-state index in [4.69, 9.17) is 20.8 Å².